The van der Waals surface area contributed by atoms with Crippen LogP contribution in [-0.2, 0) is 0 Å². The average Bonchev–Trinajstić information content (AvgIpc) is 2.80. The molecule has 0 spiro atoms. The Balaban J connectivity index is 1.72. The molecule has 2 aliphatic rings. The van der Waals surface area contributed by atoms with Gasteiger partial charge in [-0.25, -0.2) is 0 Å². The monoisotopic (exact) mass is 293 g/mol. The van der Waals surface area contributed by atoms with Crippen molar-refractivity contribution in [2.24, 2.45) is 5.73 Å². The number of rotatable bonds is 2. The van der Waals surface area contributed by atoms with E-state index in [0.717, 1.165) is 37.6 Å². The highest BCUT2D eigenvalue weighted by Gasteiger charge is 2.22. The van der Waals surface area contributed by atoms with Gasteiger partial charge in [-0.05, 0) is 31.0 Å². The topological polar surface area (TPSA) is 44.5 Å². The molecule has 1 fully saturated rings. The lowest BCUT2D eigenvalue weighted by Gasteiger charge is -2.21. The summed E-state index contributed by atoms with van der Waals surface area (Å²) < 4.78 is 11.4. The molecule has 3 nitrogen and oxygen atoms in total. The van der Waals surface area contributed by atoms with Crippen molar-refractivity contribution in [1.29, 1.82) is 0 Å². The van der Waals surface area contributed by atoms with Crippen LogP contribution in [0.4, 0.5) is 0 Å². The number of thioether (sulfide) groups is 1. The number of nitrogens with two attached hydrogens (primary N) is 1. The van der Waals surface area contributed by atoms with E-state index in [1.165, 1.54) is 30.6 Å². The van der Waals surface area contributed by atoms with Crippen LogP contribution < -0.4 is 15.2 Å². The van der Waals surface area contributed by atoms with Crippen molar-refractivity contribution < 1.29 is 9.47 Å². The first-order valence-corrected chi connectivity index (χ1v) is 8.53. The molecule has 1 heterocycles. The summed E-state index contributed by atoms with van der Waals surface area (Å²) in [5.41, 5.74) is 6.31. The van der Waals surface area contributed by atoms with Gasteiger partial charge in [0.05, 0.1) is 13.2 Å². The normalized spacial score (nSPS) is 26.6. The first kappa shape index (κ1) is 14.1. The van der Waals surface area contributed by atoms with Crippen LogP contribution >= 0.6 is 11.8 Å². The van der Waals surface area contributed by atoms with E-state index in [9.17, 15) is 0 Å². The summed E-state index contributed by atoms with van der Waals surface area (Å²) >= 11 is 1.91. The maximum absolute atomic E-state index is 6.31. The Labute approximate surface area is 125 Å². The minimum atomic E-state index is 0.318. The zero-order valence-electron chi connectivity index (χ0n) is 11.8. The van der Waals surface area contributed by atoms with Gasteiger partial charge in [-0.2, -0.15) is 0 Å². The lowest BCUT2D eigenvalue weighted by molar-refractivity contribution is 0.297. The molecule has 110 valence electrons. The van der Waals surface area contributed by atoms with Crippen LogP contribution in [0.5, 0.6) is 11.5 Å². The van der Waals surface area contributed by atoms with Gasteiger partial charge in [0.2, 0.25) is 0 Å². The standard InChI is InChI=1S/C16H23NO2S/c17-13-5-2-1-3-6-16(13)20-12-7-8-14-15(11-12)19-10-4-9-18-14/h7-8,11,13,16H,1-6,9-10,17H2. The number of benzene rings is 1. The van der Waals surface area contributed by atoms with Crippen molar-refractivity contribution in [3.8, 4) is 11.5 Å². The molecule has 0 saturated heterocycles. The van der Waals surface area contributed by atoms with Gasteiger partial charge in [0.25, 0.3) is 0 Å². The summed E-state index contributed by atoms with van der Waals surface area (Å²) in [6.07, 6.45) is 7.23. The van der Waals surface area contributed by atoms with E-state index >= 15 is 0 Å². The summed E-state index contributed by atoms with van der Waals surface area (Å²) in [7, 11) is 0. The van der Waals surface area contributed by atoms with Crippen LogP contribution in [-0.4, -0.2) is 24.5 Å². The zero-order chi connectivity index (χ0) is 13.8. The Morgan fingerprint density at radius 1 is 0.950 bits per heavy atom. The van der Waals surface area contributed by atoms with E-state index in [1.807, 2.05) is 17.8 Å². The van der Waals surface area contributed by atoms with E-state index in [0.29, 0.717) is 11.3 Å². The van der Waals surface area contributed by atoms with Crippen molar-refractivity contribution >= 4 is 11.8 Å². The third-order valence-corrected chi connectivity index (χ3v) is 5.42. The van der Waals surface area contributed by atoms with E-state index in [1.54, 1.807) is 0 Å². The van der Waals surface area contributed by atoms with Crippen molar-refractivity contribution in [3.05, 3.63) is 18.2 Å². The first-order chi connectivity index (χ1) is 9.83. The fourth-order valence-electron chi connectivity index (χ4n) is 2.84. The second-order valence-corrected chi connectivity index (χ2v) is 6.93. The van der Waals surface area contributed by atoms with Gasteiger partial charge in [-0.1, -0.05) is 19.3 Å². The van der Waals surface area contributed by atoms with Crippen molar-refractivity contribution in [3.63, 3.8) is 0 Å². The highest BCUT2D eigenvalue weighted by molar-refractivity contribution is 8.00. The molecule has 1 aromatic carbocycles. The van der Waals surface area contributed by atoms with E-state index < -0.39 is 0 Å². The van der Waals surface area contributed by atoms with E-state index in [4.69, 9.17) is 15.2 Å². The minimum absolute atomic E-state index is 0.318. The first-order valence-electron chi connectivity index (χ1n) is 7.65. The second kappa shape index (κ2) is 6.72. The highest BCUT2D eigenvalue weighted by Crippen LogP contribution is 2.38. The Kier molecular flexibility index (Phi) is 4.73. The van der Waals surface area contributed by atoms with Crippen LogP contribution in [0, 0.1) is 0 Å². The van der Waals surface area contributed by atoms with Crippen LogP contribution in [0.2, 0.25) is 0 Å². The fourth-order valence-corrected chi connectivity index (χ4v) is 4.11. The summed E-state index contributed by atoms with van der Waals surface area (Å²) in [6, 6.07) is 6.60. The Morgan fingerprint density at radius 2 is 1.75 bits per heavy atom. The molecule has 2 N–H and O–H groups in total. The molecule has 1 aliphatic heterocycles. The number of hydrogen-bond acceptors (Lipinski definition) is 4. The van der Waals surface area contributed by atoms with Gasteiger partial charge >= 0.3 is 0 Å². The largest absolute Gasteiger partial charge is 0.490 e. The molecule has 4 heteroatoms. The smallest absolute Gasteiger partial charge is 0.162 e. The van der Waals surface area contributed by atoms with Crippen molar-refractivity contribution in [1.82, 2.24) is 0 Å². The van der Waals surface area contributed by atoms with Gasteiger partial charge in [0.15, 0.2) is 11.5 Å². The minimum Gasteiger partial charge on any atom is -0.490 e. The fraction of sp³-hybridized carbons (Fsp3) is 0.625. The molecule has 2 atom stereocenters. The van der Waals surface area contributed by atoms with Gasteiger partial charge in [-0.3, -0.25) is 0 Å². The molecule has 3 rings (SSSR count). The molecule has 1 aromatic rings. The molecule has 2 unspecified atom stereocenters. The highest BCUT2D eigenvalue weighted by atomic mass is 32.2. The second-order valence-electron chi connectivity index (χ2n) is 5.62. The van der Waals surface area contributed by atoms with Crippen LogP contribution in [0.15, 0.2) is 23.1 Å². The quantitative estimate of drug-likeness (QED) is 0.846. The Bertz CT molecular complexity index is 452. The average molecular weight is 293 g/mol. The summed E-state index contributed by atoms with van der Waals surface area (Å²) in [5.74, 6) is 1.76. The third-order valence-electron chi connectivity index (χ3n) is 4.01. The van der Waals surface area contributed by atoms with Gasteiger partial charge in [-0.15, -0.1) is 11.8 Å². The van der Waals surface area contributed by atoms with Crippen LogP contribution in [0.3, 0.4) is 0 Å². The predicted octanol–water partition coefficient (Wildman–Crippen LogP) is 3.60. The van der Waals surface area contributed by atoms with E-state index in [-0.39, 0.29) is 0 Å². The summed E-state index contributed by atoms with van der Waals surface area (Å²) in [6.45, 7) is 1.48. The van der Waals surface area contributed by atoms with Gasteiger partial charge in [0.1, 0.15) is 0 Å². The molecule has 20 heavy (non-hydrogen) atoms. The predicted molar refractivity (Wildman–Crippen MR) is 82.8 cm³/mol. The molecule has 0 bridgehead atoms. The summed E-state index contributed by atoms with van der Waals surface area (Å²) in [4.78, 5) is 1.25. The van der Waals surface area contributed by atoms with Gasteiger partial charge in [0, 0.05) is 22.6 Å². The molecule has 0 aromatic heterocycles. The van der Waals surface area contributed by atoms with Gasteiger partial charge < -0.3 is 15.2 Å². The number of ether oxygens (including phenoxy) is 2. The maximum atomic E-state index is 6.31. The van der Waals surface area contributed by atoms with Crippen molar-refractivity contribution in [2.75, 3.05) is 13.2 Å². The van der Waals surface area contributed by atoms with E-state index in [2.05, 4.69) is 12.1 Å². The SMILES string of the molecule is NC1CCCCCC1Sc1ccc2c(c1)OCCCO2. The van der Waals surface area contributed by atoms with Crippen LogP contribution in [0.1, 0.15) is 38.5 Å². The maximum Gasteiger partial charge on any atom is 0.162 e. The lowest BCUT2D eigenvalue weighted by atomic mass is 10.1. The lowest BCUT2D eigenvalue weighted by Crippen LogP contribution is -2.31. The molecular formula is C16H23NO2S. The zero-order valence-corrected chi connectivity index (χ0v) is 12.7. The third kappa shape index (κ3) is 3.41. The Hall–Kier alpha value is -0.870. The molecule has 1 aliphatic carbocycles. The molecular weight excluding hydrogens is 270 g/mol. The molecule has 0 amide bonds. The molecule has 0 radical (unpaired) electrons. The summed E-state index contributed by atoms with van der Waals surface area (Å²) in [5, 5.41) is 0.530. The van der Waals surface area contributed by atoms with Crippen LogP contribution in [0.25, 0.3) is 0 Å². The Morgan fingerprint density at radius 3 is 2.65 bits per heavy atom. The van der Waals surface area contributed by atoms with Crippen molar-refractivity contribution in [2.45, 2.75) is 54.7 Å². The molecule has 1 saturated carbocycles. The number of fused-ring (bicyclic) bond motifs is 1. The number of hydrogen-bond donors (Lipinski definition) is 1.